The van der Waals surface area contributed by atoms with Gasteiger partial charge < -0.3 is 9.64 Å². The SMILES string of the molecule is CCC1COC(C)CN1C(=O)c1ccnc(Cl)c1[N+](=O)[O-]. The number of hydrogen-bond acceptors (Lipinski definition) is 5. The third-order valence-electron chi connectivity index (χ3n) is 3.49. The first-order valence-corrected chi connectivity index (χ1v) is 7.05. The fraction of sp³-hybridized carbons (Fsp3) is 0.538. The number of nitro groups is 1. The van der Waals surface area contributed by atoms with Crippen molar-refractivity contribution >= 4 is 23.2 Å². The molecule has 0 N–H and O–H groups in total. The Morgan fingerprint density at radius 3 is 3.00 bits per heavy atom. The number of ether oxygens (including phenoxy) is 1. The molecule has 2 atom stereocenters. The number of nitrogens with zero attached hydrogens (tertiary/aromatic N) is 3. The number of amides is 1. The highest BCUT2D eigenvalue weighted by molar-refractivity contribution is 6.32. The second kappa shape index (κ2) is 6.36. The highest BCUT2D eigenvalue weighted by Gasteiger charge is 2.34. The third kappa shape index (κ3) is 3.14. The largest absolute Gasteiger partial charge is 0.375 e. The number of halogens is 1. The zero-order valence-electron chi connectivity index (χ0n) is 11.8. The number of carbonyl (C=O) groups is 1. The number of rotatable bonds is 3. The normalized spacial score (nSPS) is 22.1. The Morgan fingerprint density at radius 2 is 2.38 bits per heavy atom. The van der Waals surface area contributed by atoms with Crippen LogP contribution < -0.4 is 0 Å². The third-order valence-corrected chi connectivity index (χ3v) is 3.77. The standard InChI is InChI=1S/C13H16ClN3O4/c1-3-9-7-21-8(2)6-16(9)13(18)10-4-5-15-12(14)11(10)17(19)20/h4-5,8-9H,3,6-7H2,1-2H3. The molecule has 1 fully saturated rings. The summed E-state index contributed by atoms with van der Waals surface area (Å²) in [5.41, 5.74) is -0.481. The van der Waals surface area contributed by atoms with Crippen LogP contribution in [0.4, 0.5) is 5.69 Å². The second-order valence-electron chi connectivity index (χ2n) is 4.92. The summed E-state index contributed by atoms with van der Waals surface area (Å²) in [6.45, 7) is 4.63. The molecule has 7 nitrogen and oxygen atoms in total. The van der Waals surface area contributed by atoms with E-state index in [2.05, 4.69) is 4.98 Å². The Kier molecular flexibility index (Phi) is 4.74. The van der Waals surface area contributed by atoms with Gasteiger partial charge in [0.25, 0.3) is 5.91 Å². The van der Waals surface area contributed by atoms with Gasteiger partial charge in [-0.3, -0.25) is 14.9 Å². The fourth-order valence-electron chi connectivity index (χ4n) is 2.36. The van der Waals surface area contributed by atoms with Crippen LogP contribution in [-0.4, -0.2) is 46.0 Å². The summed E-state index contributed by atoms with van der Waals surface area (Å²) in [6, 6.07) is 1.24. The van der Waals surface area contributed by atoms with E-state index in [-0.39, 0.29) is 22.9 Å². The van der Waals surface area contributed by atoms with Crippen molar-refractivity contribution in [2.24, 2.45) is 0 Å². The molecule has 0 saturated carbocycles. The maximum Gasteiger partial charge on any atom is 0.319 e. The van der Waals surface area contributed by atoms with Crippen LogP contribution in [0.15, 0.2) is 12.3 Å². The van der Waals surface area contributed by atoms with E-state index in [1.165, 1.54) is 12.3 Å². The van der Waals surface area contributed by atoms with Crippen molar-refractivity contribution in [3.8, 4) is 0 Å². The number of pyridine rings is 1. The molecule has 1 amide bonds. The molecule has 0 bridgehead atoms. The van der Waals surface area contributed by atoms with E-state index in [4.69, 9.17) is 16.3 Å². The van der Waals surface area contributed by atoms with E-state index < -0.39 is 16.5 Å². The number of carbonyl (C=O) groups excluding carboxylic acids is 1. The molecule has 1 aliphatic heterocycles. The van der Waals surface area contributed by atoms with Crippen molar-refractivity contribution in [2.45, 2.75) is 32.4 Å². The molecule has 0 spiro atoms. The molecule has 0 radical (unpaired) electrons. The van der Waals surface area contributed by atoms with Gasteiger partial charge in [0, 0.05) is 12.7 Å². The lowest BCUT2D eigenvalue weighted by molar-refractivity contribution is -0.385. The minimum absolute atomic E-state index is 0.0347. The van der Waals surface area contributed by atoms with Gasteiger partial charge in [0.2, 0.25) is 5.15 Å². The maximum atomic E-state index is 12.7. The summed E-state index contributed by atoms with van der Waals surface area (Å²) in [4.78, 5) is 28.4. The molecule has 8 heteroatoms. The lowest BCUT2D eigenvalue weighted by Gasteiger charge is -2.38. The minimum Gasteiger partial charge on any atom is -0.375 e. The van der Waals surface area contributed by atoms with Gasteiger partial charge in [-0.15, -0.1) is 0 Å². The molecule has 1 saturated heterocycles. The summed E-state index contributed by atoms with van der Waals surface area (Å²) in [7, 11) is 0. The molecule has 2 unspecified atom stereocenters. The zero-order chi connectivity index (χ0) is 15.6. The van der Waals surface area contributed by atoms with Gasteiger partial charge >= 0.3 is 5.69 Å². The van der Waals surface area contributed by atoms with E-state index >= 15 is 0 Å². The molecule has 0 aromatic carbocycles. The minimum atomic E-state index is -0.673. The molecular weight excluding hydrogens is 298 g/mol. The zero-order valence-corrected chi connectivity index (χ0v) is 12.5. The quantitative estimate of drug-likeness (QED) is 0.485. The van der Waals surface area contributed by atoms with E-state index in [0.29, 0.717) is 19.6 Å². The number of morpholine rings is 1. The van der Waals surface area contributed by atoms with Crippen LogP contribution in [0.3, 0.4) is 0 Å². The lowest BCUT2D eigenvalue weighted by atomic mass is 10.1. The second-order valence-corrected chi connectivity index (χ2v) is 5.28. The Bertz CT molecular complexity index is 566. The van der Waals surface area contributed by atoms with Crippen molar-refractivity contribution in [1.82, 2.24) is 9.88 Å². The van der Waals surface area contributed by atoms with Crippen molar-refractivity contribution < 1.29 is 14.5 Å². The van der Waals surface area contributed by atoms with Gasteiger partial charge in [-0.1, -0.05) is 18.5 Å². The van der Waals surface area contributed by atoms with Crippen LogP contribution in [0.1, 0.15) is 30.6 Å². The Hall–Kier alpha value is -1.73. The summed E-state index contributed by atoms with van der Waals surface area (Å²) in [6.07, 6.45) is 1.91. The predicted molar refractivity (Wildman–Crippen MR) is 76.4 cm³/mol. The molecule has 2 rings (SSSR count). The average Bonchev–Trinajstić information content (AvgIpc) is 2.45. The maximum absolute atomic E-state index is 12.7. The molecule has 1 aromatic rings. The number of hydrogen-bond donors (Lipinski definition) is 0. The first-order chi connectivity index (χ1) is 9.95. The molecule has 1 aromatic heterocycles. The summed E-state index contributed by atoms with van der Waals surface area (Å²) >= 11 is 5.76. The molecule has 0 aliphatic carbocycles. The monoisotopic (exact) mass is 313 g/mol. The molecule has 21 heavy (non-hydrogen) atoms. The van der Waals surface area contributed by atoms with Crippen LogP contribution >= 0.6 is 11.6 Å². The average molecular weight is 314 g/mol. The van der Waals surface area contributed by atoms with Crippen molar-refractivity contribution in [1.29, 1.82) is 0 Å². The smallest absolute Gasteiger partial charge is 0.319 e. The van der Waals surface area contributed by atoms with Gasteiger partial charge in [-0.25, -0.2) is 4.98 Å². The van der Waals surface area contributed by atoms with Gasteiger partial charge in [-0.2, -0.15) is 0 Å². The summed E-state index contributed by atoms with van der Waals surface area (Å²) in [5, 5.41) is 10.9. The van der Waals surface area contributed by atoms with E-state index in [1.807, 2.05) is 13.8 Å². The Balaban J connectivity index is 2.39. The summed E-state index contributed by atoms with van der Waals surface area (Å²) in [5.74, 6) is -0.409. The van der Waals surface area contributed by atoms with E-state index in [1.54, 1.807) is 4.90 Å². The highest BCUT2D eigenvalue weighted by atomic mass is 35.5. The molecule has 2 heterocycles. The number of aromatic nitrogens is 1. The van der Waals surface area contributed by atoms with Gasteiger partial charge in [0.05, 0.1) is 23.7 Å². The molecule has 1 aliphatic rings. The Morgan fingerprint density at radius 1 is 1.67 bits per heavy atom. The first kappa shape index (κ1) is 15.7. The van der Waals surface area contributed by atoms with Crippen molar-refractivity contribution in [3.05, 3.63) is 33.1 Å². The van der Waals surface area contributed by atoms with Crippen LogP contribution in [0.25, 0.3) is 0 Å². The Labute approximate surface area is 127 Å². The first-order valence-electron chi connectivity index (χ1n) is 6.67. The highest BCUT2D eigenvalue weighted by Crippen LogP contribution is 2.28. The van der Waals surface area contributed by atoms with Gasteiger partial charge in [0.1, 0.15) is 5.56 Å². The van der Waals surface area contributed by atoms with E-state index in [0.717, 1.165) is 0 Å². The van der Waals surface area contributed by atoms with Crippen LogP contribution in [0.2, 0.25) is 5.15 Å². The van der Waals surface area contributed by atoms with Crippen LogP contribution in [-0.2, 0) is 4.74 Å². The topological polar surface area (TPSA) is 85.6 Å². The summed E-state index contributed by atoms with van der Waals surface area (Å²) < 4.78 is 5.53. The van der Waals surface area contributed by atoms with Crippen molar-refractivity contribution in [2.75, 3.05) is 13.2 Å². The van der Waals surface area contributed by atoms with E-state index in [9.17, 15) is 14.9 Å². The predicted octanol–water partition coefficient (Wildman–Crippen LogP) is 2.28. The fourth-order valence-corrected chi connectivity index (χ4v) is 2.59. The molecular formula is C13H16ClN3O4. The molecule has 114 valence electrons. The lowest BCUT2D eigenvalue weighted by Crippen LogP contribution is -2.51. The van der Waals surface area contributed by atoms with Crippen molar-refractivity contribution in [3.63, 3.8) is 0 Å². The van der Waals surface area contributed by atoms with Crippen LogP contribution in [0.5, 0.6) is 0 Å². The van der Waals surface area contributed by atoms with Gasteiger partial charge in [-0.05, 0) is 19.4 Å². The van der Waals surface area contributed by atoms with Gasteiger partial charge in [0.15, 0.2) is 0 Å². The van der Waals surface area contributed by atoms with Crippen LogP contribution in [0, 0.1) is 10.1 Å².